The van der Waals surface area contributed by atoms with E-state index in [1.165, 1.54) is 0 Å². The summed E-state index contributed by atoms with van der Waals surface area (Å²) in [5.74, 6) is 1.19. The molecule has 2 amide bonds. The smallest absolute Gasteiger partial charge is 0.292 e. The summed E-state index contributed by atoms with van der Waals surface area (Å²) in [6.07, 6.45) is 0.537. The van der Waals surface area contributed by atoms with Crippen molar-refractivity contribution in [3.05, 3.63) is 77.2 Å². The molecule has 2 aromatic carbocycles. The van der Waals surface area contributed by atoms with Gasteiger partial charge in [0.15, 0.2) is 0 Å². The molecule has 0 radical (unpaired) electrons. The zero-order chi connectivity index (χ0) is 22.5. The number of rotatable bonds is 6. The number of carbonyl (C=O) groups is 2. The van der Waals surface area contributed by atoms with E-state index in [4.69, 9.17) is 14.0 Å². The Balaban J connectivity index is 1.36. The van der Waals surface area contributed by atoms with E-state index in [1.807, 2.05) is 36.4 Å². The van der Waals surface area contributed by atoms with Gasteiger partial charge in [-0.25, -0.2) is 0 Å². The number of methoxy groups -OCH3 is 2. The van der Waals surface area contributed by atoms with Crippen LogP contribution < -0.4 is 9.47 Å². The first kappa shape index (κ1) is 21.4. The number of carbonyl (C=O) groups excluding carboxylic acids is 2. The number of ether oxygens (including phenoxy) is 2. The second-order valence-electron chi connectivity index (χ2n) is 7.50. The molecular weight excluding hydrogens is 410 g/mol. The normalized spacial score (nSPS) is 13.7. The molecule has 32 heavy (non-hydrogen) atoms. The second-order valence-corrected chi connectivity index (χ2v) is 7.50. The van der Waals surface area contributed by atoms with Crippen molar-refractivity contribution in [1.29, 1.82) is 0 Å². The summed E-state index contributed by atoms with van der Waals surface area (Å²) in [6, 6.07) is 16.5. The van der Waals surface area contributed by atoms with Crippen LogP contribution in [-0.4, -0.2) is 67.2 Å². The molecule has 1 aromatic heterocycles. The lowest BCUT2D eigenvalue weighted by Gasteiger charge is -2.34. The Morgan fingerprint density at radius 3 is 2.34 bits per heavy atom. The van der Waals surface area contributed by atoms with Crippen LogP contribution in [0, 0.1) is 0 Å². The molecule has 0 unspecified atom stereocenters. The fourth-order valence-electron chi connectivity index (χ4n) is 3.75. The summed E-state index contributed by atoms with van der Waals surface area (Å²) < 4.78 is 15.8. The van der Waals surface area contributed by atoms with Gasteiger partial charge in [0.25, 0.3) is 11.8 Å². The minimum absolute atomic E-state index is 0.102. The van der Waals surface area contributed by atoms with Gasteiger partial charge in [0, 0.05) is 38.7 Å². The van der Waals surface area contributed by atoms with Crippen molar-refractivity contribution >= 4 is 11.8 Å². The SMILES string of the molecule is COc1cccc(Cc2cc(C(=O)N3CCN(C(=O)c4ccccc4OC)CC3)on2)c1. The Labute approximate surface area is 186 Å². The van der Waals surface area contributed by atoms with Crippen LogP contribution in [0.5, 0.6) is 11.5 Å². The predicted octanol–water partition coefficient (Wildman–Crippen LogP) is 2.88. The van der Waals surface area contributed by atoms with Crippen LogP contribution in [0.15, 0.2) is 59.1 Å². The molecule has 0 N–H and O–H groups in total. The summed E-state index contributed by atoms with van der Waals surface area (Å²) in [4.78, 5) is 29.1. The van der Waals surface area contributed by atoms with E-state index in [9.17, 15) is 9.59 Å². The minimum atomic E-state index is -0.223. The Kier molecular flexibility index (Phi) is 6.39. The lowest BCUT2D eigenvalue weighted by molar-refractivity contribution is 0.0511. The summed E-state index contributed by atoms with van der Waals surface area (Å²) in [5, 5.41) is 4.04. The van der Waals surface area contributed by atoms with Crippen LogP contribution >= 0.6 is 0 Å². The van der Waals surface area contributed by atoms with Gasteiger partial charge in [0.1, 0.15) is 11.5 Å². The maximum atomic E-state index is 12.9. The highest BCUT2D eigenvalue weighted by Gasteiger charge is 2.28. The van der Waals surface area contributed by atoms with E-state index in [-0.39, 0.29) is 17.6 Å². The Morgan fingerprint density at radius 2 is 1.62 bits per heavy atom. The van der Waals surface area contributed by atoms with Crippen LogP contribution in [-0.2, 0) is 6.42 Å². The van der Waals surface area contributed by atoms with Gasteiger partial charge in [-0.2, -0.15) is 0 Å². The first-order valence-electron chi connectivity index (χ1n) is 10.4. The van der Waals surface area contributed by atoms with Gasteiger partial charge in [-0.3, -0.25) is 9.59 Å². The van der Waals surface area contributed by atoms with Crippen molar-refractivity contribution in [3.63, 3.8) is 0 Å². The number of para-hydroxylation sites is 1. The standard InChI is InChI=1S/C24H25N3O5/c1-30-19-7-5-6-17(15-19)14-18-16-22(32-25-18)24(29)27-12-10-26(11-13-27)23(28)20-8-3-4-9-21(20)31-2/h3-9,15-16H,10-14H2,1-2H3. The number of hydrogen-bond donors (Lipinski definition) is 0. The second kappa shape index (κ2) is 9.55. The van der Waals surface area contributed by atoms with E-state index in [0.717, 1.165) is 11.3 Å². The summed E-state index contributed by atoms with van der Waals surface area (Å²) in [6.45, 7) is 1.72. The predicted molar refractivity (Wildman–Crippen MR) is 117 cm³/mol. The molecule has 8 heteroatoms. The highest BCUT2D eigenvalue weighted by Crippen LogP contribution is 2.21. The molecule has 1 aliphatic heterocycles. The van der Waals surface area contributed by atoms with Gasteiger partial charge >= 0.3 is 0 Å². The highest BCUT2D eigenvalue weighted by atomic mass is 16.5. The third kappa shape index (κ3) is 4.59. The zero-order valence-electron chi connectivity index (χ0n) is 18.1. The molecule has 0 spiro atoms. The van der Waals surface area contributed by atoms with Crippen molar-refractivity contribution in [2.24, 2.45) is 0 Å². The van der Waals surface area contributed by atoms with Crippen molar-refractivity contribution in [3.8, 4) is 11.5 Å². The average Bonchev–Trinajstić information content (AvgIpc) is 3.31. The van der Waals surface area contributed by atoms with E-state index < -0.39 is 0 Å². The van der Waals surface area contributed by atoms with E-state index in [0.29, 0.717) is 49.6 Å². The van der Waals surface area contributed by atoms with Gasteiger partial charge < -0.3 is 23.8 Å². The Morgan fingerprint density at radius 1 is 0.906 bits per heavy atom. The molecule has 8 nitrogen and oxygen atoms in total. The first-order chi connectivity index (χ1) is 15.6. The lowest BCUT2D eigenvalue weighted by Crippen LogP contribution is -2.50. The first-order valence-corrected chi connectivity index (χ1v) is 10.4. The molecule has 3 aromatic rings. The monoisotopic (exact) mass is 435 g/mol. The summed E-state index contributed by atoms with van der Waals surface area (Å²) in [5.41, 5.74) is 2.21. The number of hydrogen-bond acceptors (Lipinski definition) is 6. The Bertz CT molecular complexity index is 1100. The van der Waals surface area contributed by atoms with E-state index in [1.54, 1.807) is 42.2 Å². The molecule has 166 valence electrons. The molecule has 1 saturated heterocycles. The van der Waals surface area contributed by atoms with Crippen LogP contribution in [0.25, 0.3) is 0 Å². The summed E-state index contributed by atoms with van der Waals surface area (Å²) in [7, 11) is 3.16. The molecule has 0 saturated carbocycles. The zero-order valence-corrected chi connectivity index (χ0v) is 18.1. The molecule has 2 heterocycles. The number of aromatic nitrogens is 1. The fourth-order valence-corrected chi connectivity index (χ4v) is 3.75. The minimum Gasteiger partial charge on any atom is -0.497 e. The molecular formula is C24H25N3O5. The van der Waals surface area contributed by atoms with Gasteiger partial charge in [-0.15, -0.1) is 0 Å². The van der Waals surface area contributed by atoms with Crippen molar-refractivity contribution in [1.82, 2.24) is 15.0 Å². The molecule has 1 fully saturated rings. The van der Waals surface area contributed by atoms with Crippen LogP contribution in [0.2, 0.25) is 0 Å². The molecule has 0 atom stereocenters. The third-order valence-corrected chi connectivity index (χ3v) is 5.48. The maximum Gasteiger partial charge on any atom is 0.292 e. The molecule has 4 rings (SSSR count). The van der Waals surface area contributed by atoms with Crippen molar-refractivity contribution < 1.29 is 23.6 Å². The quantitative estimate of drug-likeness (QED) is 0.592. The number of nitrogens with zero attached hydrogens (tertiary/aromatic N) is 3. The largest absolute Gasteiger partial charge is 0.497 e. The fraction of sp³-hybridized carbons (Fsp3) is 0.292. The van der Waals surface area contributed by atoms with Gasteiger partial charge in [-0.05, 0) is 29.8 Å². The Hall–Kier alpha value is -3.81. The van der Waals surface area contributed by atoms with Crippen molar-refractivity contribution in [2.75, 3.05) is 40.4 Å². The average molecular weight is 435 g/mol. The van der Waals surface area contributed by atoms with E-state index in [2.05, 4.69) is 5.16 Å². The maximum absolute atomic E-state index is 12.9. The number of piperazine rings is 1. The topological polar surface area (TPSA) is 85.1 Å². The number of amides is 2. The van der Waals surface area contributed by atoms with Crippen LogP contribution in [0.4, 0.5) is 0 Å². The van der Waals surface area contributed by atoms with Crippen LogP contribution in [0.3, 0.4) is 0 Å². The third-order valence-electron chi connectivity index (χ3n) is 5.48. The highest BCUT2D eigenvalue weighted by molar-refractivity contribution is 5.97. The van der Waals surface area contributed by atoms with Crippen molar-refractivity contribution in [2.45, 2.75) is 6.42 Å². The molecule has 1 aliphatic rings. The van der Waals surface area contributed by atoms with Gasteiger partial charge in [0.05, 0.1) is 25.5 Å². The van der Waals surface area contributed by atoms with E-state index >= 15 is 0 Å². The molecule has 0 bridgehead atoms. The van der Waals surface area contributed by atoms with Gasteiger partial charge in [0.2, 0.25) is 5.76 Å². The summed E-state index contributed by atoms with van der Waals surface area (Å²) >= 11 is 0. The van der Waals surface area contributed by atoms with Gasteiger partial charge in [-0.1, -0.05) is 29.4 Å². The number of benzene rings is 2. The molecule has 0 aliphatic carbocycles. The lowest BCUT2D eigenvalue weighted by atomic mass is 10.1. The van der Waals surface area contributed by atoms with Crippen LogP contribution in [0.1, 0.15) is 32.2 Å².